The minimum Gasteiger partial charge on any atom is -0.368 e. The molecule has 0 bridgehead atoms. The molecular weight excluding hydrogens is 236 g/mol. The summed E-state index contributed by atoms with van der Waals surface area (Å²) in [4.78, 5) is 14.3. The second kappa shape index (κ2) is 6.48. The molecule has 1 unspecified atom stereocenters. The van der Waals surface area contributed by atoms with Crippen molar-refractivity contribution < 1.29 is 0 Å². The molecule has 3 N–H and O–H groups in total. The van der Waals surface area contributed by atoms with Crippen LogP contribution in [0.4, 0.5) is 17.8 Å². The van der Waals surface area contributed by atoms with Crippen molar-refractivity contribution in [2.45, 2.75) is 19.4 Å². The maximum Gasteiger partial charge on any atom is 0.231 e. The van der Waals surface area contributed by atoms with Gasteiger partial charge in [-0.05, 0) is 12.7 Å². The number of anilines is 3. The lowest BCUT2D eigenvalue weighted by molar-refractivity contribution is 0.760. The lowest BCUT2D eigenvalue weighted by atomic mass is 10.3. The van der Waals surface area contributed by atoms with E-state index in [0.717, 1.165) is 12.2 Å². The smallest absolute Gasteiger partial charge is 0.231 e. The summed E-state index contributed by atoms with van der Waals surface area (Å²) < 4.78 is 0. The molecular formula is C10H20N6S. The van der Waals surface area contributed by atoms with Crippen LogP contribution >= 0.6 is 11.8 Å². The Labute approximate surface area is 106 Å². The topological polar surface area (TPSA) is 80.0 Å². The van der Waals surface area contributed by atoms with Gasteiger partial charge < -0.3 is 16.0 Å². The van der Waals surface area contributed by atoms with E-state index >= 15 is 0 Å². The Morgan fingerprint density at radius 1 is 1.35 bits per heavy atom. The molecule has 17 heavy (non-hydrogen) atoms. The Kier molecular flexibility index (Phi) is 5.27. The van der Waals surface area contributed by atoms with Crippen molar-refractivity contribution in [1.82, 2.24) is 15.0 Å². The van der Waals surface area contributed by atoms with Crippen LogP contribution in [-0.2, 0) is 0 Å². The van der Waals surface area contributed by atoms with Gasteiger partial charge >= 0.3 is 0 Å². The first-order chi connectivity index (χ1) is 8.06. The third kappa shape index (κ3) is 4.26. The normalized spacial score (nSPS) is 12.2. The molecule has 1 aromatic rings. The van der Waals surface area contributed by atoms with Gasteiger partial charge in [0.05, 0.1) is 0 Å². The number of aromatic nitrogens is 3. The zero-order valence-corrected chi connectivity index (χ0v) is 11.6. The second-order valence-corrected chi connectivity index (χ2v) is 4.83. The standard InChI is InChI=1S/C10H20N6S/c1-5-7(6-17-4)12-9-13-8(11)14-10(15-9)16(2)3/h7H,5-6H2,1-4H3,(H3,11,12,13,14,15). The number of hydrogen-bond donors (Lipinski definition) is 2. The van der Waals surface area contributed by atoms with Crippen LogP contribution in [0.25, 0.3) is 0 Å². The van der Waals surface area contributed by atoms with Crippen LogP contribution in [0.1, 0.15) is 13.3 Å². The molecule has 6 nitrogen and oxygen atoms in total. The summed E-state index contributed by atoms with van der Waals surface area (Å²) in [7, 11) is 3.75. The fourth-order valence-electron chi connectivity index (χ4n) is 1.29. The number of nitrogens with one attached hydrogen (secondary N) is 1. The van der Waals surface area contributed by atoms with E-state index in [1.807, 2.05) is 14.1 Å². The van der Waals surface area contributed by atoms with E-state index in [2.05, 4.69) is 33.4 Å². The zero-order valence-electron chi connectivity index (χ0n) is 10.8. The highest BCUT2D eigenvalue weighted by molar-refractivity contribution is 7.98. The molecule has 1 rings (SSSR count). The Bertz CT molecular complexity index is 357. The van der Waals surface area contributed by atoms with Crippen molar-refractivity contribution in [3.63, 3.8) is 0 Å². The van der Waals surface area contributed by atoms with E-state index in [-0.39, 0.29) is 5.95 Å². The molecule has 0 saturated carbocycles. The van der Waals surface area contributed by atoms with Gasteiger partial charge in [0.25, 0.3) is 0 Å². The lowest BCUT2D eigenvalue weighted by Gasteiger charge is -2.17. The van der Waals surface area contributed by atoms with Crippen molar-refractivity contribution in [2.75, 3.05) is 42.1 Å². The van der Waals surface area contributed by atoms with E-state index in [4.69, 9.17) is 5.73 Å². The monoisotopic (exact) mass is 256 g/mol. The van der Waals surface area contributed by atoms with E-state index in [9.17, 15) is 0 Å². The Hall–Kier alpha value is -1.24. The fourth-order valence-corrected chi connectivity index (χ4v) is 2.01. The summed E-state index contributed by atoms with van der Waals surface area (Å²) in [5, 5.41) is 3.28. The number of nitrogens with zero attached hydrogens (tertiary/aromatic N) is 4. The molecule has 0 aliphatic rings. The number of nitrogens with two attached hydrogens (primary N) is 1. The summed E-state index contributed by atoms with van der Waals surface area (Å²) in [6, 6.07) is 0.349. The Balaban J connectivity index is 2.82. The summed E-state index contributed by atoms with van der Waals surface area (Å²) in [6.07, 6.45) is 3.10. The lowest BCUT2D eigenvalue weighted by Crippen LogP contribution is -2.24. The van der Waals surface area contributed by atoms with Crippen molar-refractivity contribution in [3.8, 4) is 0 Å². The quantitative estimate of drug-likeness (QED) is 0.788. The van der Waals surface area contributed by atoms with Gasteiger partial charge in [0.15, 0.2) is 0 Å². The molecule has 1 aromatic heterocycles. The van der Waals surface area contributed by atoms with Crippen LogP contribution in [0, 0.1) is 0 Å². The van der Waals surface area contributed by atoms with E-state index < -0.39 is 0 Å². The molecule has 7 heteroatoms. The molecule has 0 amide bonds. The number of rotatable bonds is 6. The van der Waals surface area contributed by atoms with E-state index in [1.54, 1.807) is 16.7 Å². The van der Waals surface area contributed by atoms with Gasteiger partial charge in [0, 0.05) is 25.9 Å². The molecule has 0 aliphatic carbocycles. The van der Waals surface area contributed by atoms with Crippen LogP contribution in [0.3, 0.4) is 0 Å². The van der Waals surface area contributed by atoms with E-state index in [1.165, 1.54) is 0 Å². The first kappa shape index (κ1) is 13.8. The molecule has 1 atom stereocenters. The largest absolute Gasteiger partial charge is 0.368 e. The predicted octanol–water partition coefficient (Wildman–Crippen LogP) is 1.07. The molecule has 0 aromatic carbocycles. The fraction of sp³-hybridized carbons (Fsp3) is 0.700. The number of nitrogen functional groups attached to an aromatic ring is 1. The van der Waals surface area contributed by atoms with Gasteiger partial charge in [-0.1, -0.05) is 6.92 Å². The SMILES string of the molecule is CCC(CSC)Nc1nc(N)nc(N(C)C)n1. The molecule has 0 radical (unpaired) electrons. The maximum absolute atomic E-state index is 5.65. The highest BCUT2D eigenvalue weighted by atomic mass is 32.2. The van der Waals surface area contributed by atoms with Gasteiger partial charge in [-0.15, -0.1) is 0 Å². The van der Waals surface area contributed by atoms with Crippen LogP contribution in [0.2, 0.25) is 0 Å². The van der Waals surface area contributed by atoms with Crippen LogP contribution in [0.15, 0.2) is 0 Å². The minimum absolute atomic E-state index is 0.241. The molecule has 0 fully saturated rings. The third-order valence-electron chi connectivity index (χ3n) is 2.23. The van der Waals surface area contributed by atoms with Crippen LogP contribution in [0.5, 0.6) is 0 Å². The highest BCUT2D eigenvalue weighted by Crippen LogP contribution is 2.12. The Morgan fingerprint density at radius 2 is 2.06 bits per heavy atom. The second-order valence-electron chi connectivity index (χ2n) is 3.92. The predicted molar refractivity (Wildman–Crippen MR) is 74.7 cm³/mol. The van der Waals surface area contributed by atoms with Crippen molar-refractivity contribution in [2.24, 2.45) is 0 Å². The highest BCUT2D eigenvalue weighted by Gasteiger charge is 2.10. The van der Waals surface area contributed by atoms with Crippen molar-refractivity contribution in [3.05, 3.63) is 0 Å². The van der Waals surface area contributed by atoms with Gasteiger partial charge in [0.2, 0.25) is 17.8 Å². The van der Waals surface area contributed by atoms with Crippen LogP contribution in [-0.4, -0.2) is 47.1 Å². The van der Waals surface area contributed by atoms with Gasteiger partial charge in [-0.25, -0.2) is 0 Å². The van der Waals surface area contributed by atoms with Crippen molar-refractivity contribution in [1.29, 1.82) is 0 Å². The molecule has 0 saturated heterocycles. The molecule has 96 valence electrons. The summed E-state index contributed by atoms with van der Waals surface area (Å²) in [6.45, 7) is 2.13. The third-order valence-corrected chi connectivity index (χ3v) is 2.97. The zero-order chi connectivity index (χ0) is 12.8. The molecule has 0 spiro atoms. The van der Waals surface area contributed by atoms with Crippen molar-refractivity contribution >= 4 is 29.6 Å². The number of hydrogen-bond acceptors (Lipinski definition) is 7. The summed E-state index contributed by atoms with van der Waals surface area (Å²) >= 11 is 1.79. The first-order valence-electron chi connectivity index (χ1n) is 5.51. The maximum atomic E-state index is 5.65. The van der Waals surface area contributed by atoms with Gasteiger partial charge in [-0.2, -0.15) is 26.7 Å². The van der Waals surface area contributed by atoms with E-state index in [0.29, 0.717) is 17.9 Å². The summed E-state index contributed by atoms with van der Waals surface area (Å²) in [5.41, 5.74) is 5.65. The molecule has 0 aliphatic heterocycles. The van der Waals surface area contributed by atoms with Gasteiger partial charge in [-0.3, -0.25) is 0 Å². The Morgan fingerprint density at radius 3 is 2.59 bits per heavy atom. The molecule has 1 heterocycles. The minimum atomic E-state index is 0.241. The average Bonchev–Trinajstić information content (AvgIpc) is 2.27. The first-order valence-corrected chi connectivity index (χ1v) is 6.90. The van der Waals surface area contributed by atoms with Gasteiger partial charge in [0.1, 0.15) is 0 Å². The summed E-state index contributed by atoms with van der Waals surface area (Å²) in [5.74, 6) is 2.37. The average molecular weight is 256 g/mol. The van der Waals surface area contributed by atoms with Crippen LogP contribution < -0.4 is 16.0 Å². The number of thioether (sulfide) groups is 1.